The van der Waals surface area contributed by atoms with Crippen molar-refractivity contribution in [2.45, 2.75) is 46.3 Å². The Bertz CT molecular complexity index is 386. The van der Waals surface area contributed by atoms with Crippen LogP contribution in [0.2, 0.25) is 0 Å². The standard InChI is InChI=1S/C14H27N3O2/c1-6-7-17-13(12(19-5)9-16-17)14(4,18)10-15-8-11(2)3/h9,11,15,18H,6-8,10H2,1-5H3. The Kier molecular flexibility index (Phi) is 5.82. The van der Waals surface area contributed by atoms with E-state index in [-0.39, 0.29) is 0 Å². The van der Waals surface area contributed by atoms with Gasteiger partial charge in [-0.3, -0.25) is 4.68 Å². The van der Waals surface area contributed by atoms with Crippen LogP contribution in [0.5, 0.6) is 5.75 Å². The molecule has 0 aromatic carbocycles. The van der Waals surface area contributed by atoms with Gasteiger partial charge in [0.1, 0.15) is 11.3 Å². The highest BCUT2D eigenvalue weighted by Crippen LogP contribution is 2.29. The van der Waals surface area contributed by atoms with Crippen molar-refractivity contribution >= 4 is 0 Å². The molecular formula is C14H27N3O2. The zero-order chi connectivity index (χ0) is 14.5. The molecule has 1 aromatic rings. The predicted molar refractivity (Wildman–Crippen MR) is 76.3 cm³/mol. The summed E-state index contributed by atoms with van der Waals surface area (Å²) in [5.41, 5.74) is -0.251. The van der Waals surface area contributed by atoms with Crippen molar-refractivity contribution in [3.05, 3.63) is 11.9 Å². The molecule has 0 aliphatic rings. The summed E-state index contributed by atoms with van der Waals surface area (Å²) in [6.07, 6.45) is 2.63. The average molecular weight is 269 g/mol. The first-order chi connectivity index (χ1) is 8.92. The molecule has 1 unspecified atom stereocenters. The summed E-state index contributed by atoms with van der Waals surface area (Å²) < 4.78 is 7.14. The Hall–Kier alpha value is -1.07. The van der Waals surface area contributed by atoms with Crippen LogP contribution >= 0.6 is 0 Å². The van der Waals surface area contributed by atoms with Crippen molar-refractivity contribution in [1.29, 1.82) is 0 Å². The number of aromatic nitrogens is 2. The maximum absolute atomic E-state index is 10.7. The van der Waals surface area contributed by atoms with Crippen molar-refractivity contribution in [2.75, 3.05) is 20.2 Å². The van der Waals surface area contributed by atoms with Gasteiger partial charge in [-0.25, -0.2) is 0 Å². The van der Waals surface area contributed by atoms with Gasteiger partial charge in [0.05, 0.1) is 13.3 Å². The predicted octanol–water partition coefficient (Wildman–Crippen LogP) is 1.75. The first-order valence-corrected chi connectivity index (χ1v) is 6.95. The van der Waals surface area contributed by atoms with Crippen LogP contribution in [0.1, 0.15) is 39.8 Å². The lowest BCUT2D eigenvalue weighted by molar-refractivity contribution is 0.0442. The fraction of sp³-hybridized carbons (Fsp3) is 0.786. The van der Waals surface area contributed by atoms with Gasteiger partial charge in [0, 0.05) is 13.1 Å². The number of rotatable bonds is 8. The molecule has 0 aliphatic heterocycles. The molecule has 110 valence electrons. The quantitative estimate of drug-likeness (QED) is 0.755. The van der Waals surface area contributed by atoms with Gasteiger partial charge in [0.25, 0.3) is 0 Å². The highest BCUT2D eigenvalue weighted by Gasteiger charge is 2.31. The van der Waals surface area contributed by atoms with E-state index in [1.165, 1.54) is 0 Å². The summed E-state index contributed by atoms with van der Waals surface area (Å²) in [6, 6.07) is 0. The third kappa shape index (κ3) is 4.21. The number of hydrogen-bond acceptors (Lipinski definition) is 4. The molecule has 0 saturated carbocycles. The molecule has 0 spiro atoms. The second-order valence-corrected chi connectivity index (χ2v) is 5.58. The molecule has 0 radical (unpaired) electrons. The van der Waals surface area contributed by atoms with Gasteiger partial charge < -0.3 is 15.2 Å². The molecule has 2 N–H and O–H groups in total. The lowest BCUT2D eigenvalue weighted by atomic mass is 10.0. The Morgan fingerprint density at radius 3 is 2.74 bits per heavy atom. The van der Waals surface area contributed by atoms with Crippen LogP contribution in [0.4, 0.5) is 0 Å². The molecule has 1 aromatic heterocycles. The largest absolute Gasteiger partial charge is 0.493 e. The van der Waals surface area contributed by atoms with Crippen LogP contribution in [-0.4, -0.2) is 35.1 Å². The summed E-state index contributed by atoms with van der Waals surface area (Å²) >= 11 is 0. The van der Waals surface area contributed by atoms with E-state index in [2.05, 4.69) is 31.2 Å². The molecule has 1 heterocycles. The van der Waals surface area contributed by atoms with E-state index < -0.39 is 5.60 Å². The van der Waals surface area contributed by atoms with Crippen molar-refractivity contribution in [3.8, 4) is 5.75 Å². The topological polar surface area (TPSA) is 59.3 Å². The molecule has 5 nitrogen and oxygen atoms in total. The summed E-state index contributed by atoms with van der Waals surface area (Å²) in [5, 5.41) is 18.3. The second-order valence-electron chi connectivity index (χ2n) is 5.58. The zero-order valence-electron chi connectivity index (χ0n) is 12.7. The van der Waals surface area contributed by atoms with Crippen LogP contribution < -0.4 is 10.1 Å². The minimum absolute atomic E-state index is 0.483. The van der Waals surface area contributed by atoms with Crippen LogP contribution in [0, 0.1) is 5.92 Å². The molecule has 1 atom stereocenters. The van der Waals surface area contributed by atoms with E-state index >= 15 is 0 Å². The maximum Gasteiger partial charge on any atom is 0.162 e. The molecule has 0 fully saturated rings. The molecule has 5 heteroatoms. The van der Waals surface area contributed by atoms with Gasteiger partial charge in [0.15, 0.2) is 5.75 Å². The number of hydrogen-bond donors (Lipinski definition) is 2. The van der Waals surface area contributed by atoms with Crippen LogP contribution in [0.15, 0.2) is 6.20 Å². The highest BCUT2D eigenvalue weighted by atomic mass is 16.5. The number of aliphatic hydroxyl groups is 1. The van der Waals surface area contributed by atoms with Crippen molar-refractivity contribution in [1.82, 2.24) is 15.1 Å². The smallest absolute Gasteiger partial charge is 0.162 e. The van der Waals surface area contributed by atoms with E-state index in [1.807, 2.05) is 4.68 Å². The minimum Gasteiger partial charge on any atom is -0.493 e. The van der Waals surface area contributed by atoms with Gasteiger partial charge in [-0.1, -0.05) is 20.8 Å². The fourth-order valence-corrected chi connectivity index (χ4v) is 2.13. The summed E-state index contributed by atoms with van der Waals surface area (Å²) in [4.78, 5) is 0. The summed E-state index contributed by atoms with van der Waals surface area (Å²) in [5.74, 6) is 1.20. The van der Waals surface area contributed by atoms with Crippen LogP contribution in [0.25, 0.3) is 0 Å². The number of aryl methyl sites for hydroxylation is 1. The third-order valence-electron chi connectivity index (χ3n) is 2.99. The number of nitrogens with zero attached hydrogens (tertiary/aromatic N) is 2. The highest BCUT2D eigenvalue weighted by molar-refractivity contribution is 5.30. The van der Waals surface area contributed by atoms with E-state index in [0.717, 1.165) is 25.2 Å². The Labute approximate surface area is 116 Å². The monoisotopic (exact) mass is 269 g/mol. The molecule has 19 heavy (non-hydrogen) atoms. The Morgan fingerprint density at radius 2 is 2.21 bits per heavy atom. The minimum atomic E-state index is -0.994. The van der Waals surface area contributed by atoms with E-state index in [4.69, 9.17) is 4.74 Å². The van der Waals surface area contributed by atoms with Gasteiger partial charge >= 0.3 is 0 Å². The molecule has 0 aliphatic carbocycles. The lowest BCUT2D eigenvalue weighted by Gasteiger charge is -2.26. The maximum atomic E-state index is 10.7. The number of ether oxygens (including phenoxy) is 1. The molecule has 0 amide bonds. The molecule has 0 saturated heterocycles. The van der Waals surface area contributed by atoms with E-state index in [1.54, 1.807) is 20.2 Å². The van der Waals surface area contributed by atoms with Crippen molar-refractivity contribution < 1.29 is 9.84 Å². The van der Waals surface area contributed by atoms with E-state index in [0.29, 0.717) is 18.2 Å². The van der Waals surface area contributed by atoms with Gasteiger partial charge in [0.2, 0.25) is 0 Å². The SMILES string of the molecule is CCCn1ncc(OC)c1C(C)(O)CNCC(C)C. The number of methoxy groups -OCH3 is 1. The molecule has 0 bridgehead atoms. The van der Waals surface area contributed by atoms with Gasteiger partial charge in [-0.15, -0.1) is 0 Å². The zero-order valence-corrected chi connectivity index (χ0v) is 12.7. The number of nitrogens with one attached hydrogen (secondary N) is 1. The summed E-state index contributed by atoms with van der Waals surface area (Å²) in [6.45, 7) is 10.3. The normalized spacial score (nSPS) is 14.7. The third-order valence-corrected chi connectivity index (χ3v) is 2.99. The lowest BCUT2D eigenvalue weighted by Crippen LogP contribution is -2.39. The first kappa shape index (κ1) is 16.0. The van der Waals surface area contributed by atoms with Crippen LogP contribution in [0.3, 0.4) is 0 Å². The average Bonchev–Trinajstić information content (AvgIpc) is 2.72. The molecule has 1 rings (SSSR count). The van der Waals surface area contributed by atoms with E-state index in [9.17, 15) is 5.11 Å². The first-order valence-electron chi connectivity index (χ1n) is 6.95. The molecular weight excluding hydrogens is 242 g/mol. The fourth-order valence-electron chi connectivity index (χ4n) is 2.13. The summed E-state index contributed by atoms with van der Waals surface area (Å²) in [7, 11) is 1.61. The van der Waals surface area contributed by atoms with Crippen molar-refractivity contribution in [2.24, 2.45) is 5.92 Å². The van der Waals surface area contributed by atoms with Gasteiger partial charge in [-0.05, 0) is 25.8 Å². The van der Waals surface area contributed by atoms with Crippen LogP contribution in [-0.2, 0) is 12.1 Å². The van der Waals surface area contributed by atoms with Gasteiger partial charge in [-0.2, -0.15) is 5.10 Å². The Morgan fingerprint density at radius 1 is 1.53 bits per heavy atom. The van der Waals surface area contributed by atoms with Crippen molar-refractivity contribution in [3.63, 3.8) is 0 Å². The second kappa shape index (κ2) is 6.91. The Balaban J connectivity index is 2.87.